The zero-order valence-electron chi connectivity index (χ0n) is 12.5. The second-order valence-electron chi connectivity index (χ2n) is 5.70. The molecule has 4 rings (SSSR count). The summed E-state index contributed by atoms with van der Waals surface area (Å²) >= 11 is 0. The van der Waals surface area contributed by atoms with Crippen molar-refractivity contribution < 1.29 is 29.3 Å². The number of hydrogen-bond acceptors (Lipinski definition) is 6. The highest BCUT2D eigenvalue weighted by Crippen LogP contribution is 2.21. The standard InChI is InChI=1S/2C6H11NO.C2H2O4/c2*1-3-7-5-2-4-8-6(1)5;3-1(4)2(5)6/h2*5-7H,1-4H2;(H,3,4)(H,5,6)/t2*5-,6-;/m11./s1. The molecule has 4 heterocycles. The zero-order valence-corrected chi connectivity index (χ0v) is 12.5. The number of carboxylic acids is 2. The first-order chi connectivity index (χ1) is 10.6. The van der Waals surface area contributed by atoms with Crippen LogP contribution in [0.15, 0.2) is 0 Å². The van der Waals surface area contributed by atoms with Crippen molar-refractivity contribution in [3.63, 3.8) is 0 Å². The van der Waals surface area contributed by atoms with Crippen LogP contribution >= 0.6 is 0 Å². The molecule has 0 aliphatic carbocycles. The van der Waals surface area contributed by atoms with E-state index in [1.54, 1.807) is 0 Å². The van der Waals surface area contributed by atoms with Crippen LogP contribution in [0.1, 0.15) is 25.7 Å². The minimum Gasteiger partial charge on any atom is -0.473 e. The summed E-state index contributed by atoms with van der Waals surface area (Å²) in [7, 11) is 0. The Kier molecular flexibility index (Phi) is 6.56. The van der Waals surface area contributed by atoms with Gasteiger partial charge in [-0.2, -0.15) is 0 Å². The molecule has 0 aromatic rings. The van der Waals surface area contributed by atoms with Crippen molar-refractivity contribution in [1.29, 1.82) is 0 Å². The SMILES string of the molecule is C1C[C@H]2OCC[C@H]2N1.C1C[C@H]2OCC[C@H]2N1.O=C(O)C(=O)O. The van der Waals surface area contributed by atoms with Crippen molar-refractivity contribution in [2.45, 2.75) is 50.0 Å². The van der Waals surface area contributed by atoms with Gasteiger partial charge in [0.15, 0.2) is 0 Å². The molecule has 0 radical (unpaired) electrons. The second-order valence-corrected chi connectivity index (χ2v) is 5.70. The minimum atomic E-state index is -1.82. The van der Waals surface area contributed by atoms with E-state index in [0.29, 0.717) is 24.3 Å². The highest BCUT2D eigenvalue weighted by atomic mass is 16.5. The molecule has 8 nitrogen and oxygen atoms in total. The molecule has 126 valence electrons. The summed E-state index contributed by atoms with van der Waals surface area (Å²) in [6.07, 6.45) is 6.04. The van der Waals surface area contributed by atoms with Crippen molar-refractivity contribution in [2.24, 2.45) is 0 Å². The monoisotopic (exact) mass is 316 g/mol. The first-order valence-corrected chi connectivity index (χ1v) is 7.74. The van der Waals surface area contributed by atoms with Gasteiger partial charge in [-0.25, -0.2) is 9.59 Å². The van der Waals surface area contributed by atoms with Crippen LogP contribution in [0.2, 0.25) is 0 Å². The molecule has 4 atom stereocenters. The minimum absolute atomic E-state index is 0.565. The van der Waals surface area contributed by atoms with Crippen molar-refractivity contribution in [3.05, 3.63) is 0 Å². The summed E-state index contributed by atoms with van der Waals surface area (Å²) in [5, 5.41) is 21.6. The molecule has 4 fully saturated rings. The first-order valence-electron chi connectivity index (χ1n) is 7.74. The maximum Gasteiger partial charge on any atom is 0.414 e. The lowest BCUT2D eigenvalue weighted by Gasteiger charge is -2.04. The van der Waals surface area contributed by atoms with Gasteiger partial charge in [0.05, 0.1) is 12.2 Å². The molecule has 8 heteroatoms. The van der Waals surface area contributed by atoms with Crippen molar-refractivity contribution in [1.82, 2.24) is 10.6 Å². The Bertz CT molecular complexity index is 316. The zero-order chi connectivity index (χ0) is 15.9. The fourth-order valence-corrected chi connectivity index (χ4v) is 3.15. The number of fused-ring (bicyclic) bond motifs is 2. The molecule has 4 aliphatic heterocycles. The molecular formula is C14H24N2O6. The Morgan fingerprint density at radius 1 is 0.773 bits per heavy atom. The number of carbonyl (C=O) groups is 2. The predicted molar refractivity (Wildman–Crippen MR) is 76.8 cm³/mol. The van der Waals surface area contributed by atoms with Crippen LogP contribution in [0.5, 0.6) is 0 Å². The average Bonchev–Trinajstić information content (AvgIpc) is 3.20. The van der Waals surface area contributed by atoms with E-state index in [2.05, 4.69) is 10.6 Å². The fraction of sp³-hybridized carbons (Fsp3) is 0.857. The lowest BCUT2D eigenvalue weighted by molar-refractivity contribution is -0.159. The maximum absolute atomic E-state index is 9.10. The van der Waals surface area contributed by atoms with Gasteiger partial charge < -0.3 is 30.3 Å². The summed E-state index contributed by atoms with van der Waals surface area (Å²) in [4.78, 5) is 18.2. The van der Waals surface area contributed by atoms with E-state index in [0.717, 1.165) is 26.3 Å². The molecule has 0 aromatic carbocycles. The van der Waals surface area contributed by atoms with Gasteiger partial charge in [0.25, 0.3) is 0 Å². The molecular weight excluding hydrogens is 292 g/mol. The Labute approximate surface area is 129 Å². The molecule has 4 N–H and O–H groups in total. The summed E-state index contributed by atoms with van der Waals surface area (Å²) in [6, 6.07) is 1.41. The lowest BCUT2D eigenvalue weighted by Crippen LogP contribution is -2.24. The van der Waals surface area contributed by atoms with Gasteiger partial charge >= 0.3 is 11.9 Å². The summed E-state index contributed by atoms with van der Waals surface area (Å²) < 4.78 is 10.8. The van der Waals surface area contributed by atoms with Gasteiger partial charge in [-0.05, 0) is 38.8 Å². The van der Waals surface area contributed by atoms with Crippen molar-refractivity contribution in [3.8, 4) is 0 Å². The molecule has 22 heavy (non-hydrogen) atoms. The highest BCUT2D eigenvalue weighted by Gasteiger charge is 2.32. The van der Waals surface area contributed by atoms with Gasteiger partial charge in [-0.1, -0.05) is 0 Å². The summed E-state index contributed by atoms with van der Waals surface area (Å²) in [5.41, 5.74) is 0. The van der Waals surface area contributed by atoms with E-state index in [-0.39, 0.29) is 0 Å². The Morgan fingerprint density at radius 3 is 1.50 bits per heavy atom. The molecule has 0 spiro atoms. The number of carboxylic acid groups (broad SMARTS) is 2. The van der Waals surface area contributed by atoms with Crippen LogP contribution in [0.25, 0.3) is 0 Å². The Hall–Kier alpha value is -1.22. The summed E-state index contributed by atoms with van der Waals surface area (Å²) in [6.45, 7) is 4.27. The van der Waals surface area contributed by atoms with E-state index in [9.17, 15) is 0 Å². The van der Waals surface area contributed by atoms with Gasteiger partial charge in [0.2, 0.25) is 0 Å². The van der Waals surface area contributed by atoms with Crippen LogP contribution < -0.4 is 10.6 Å². The Morgan fingerprint density at radius 2 is 1.18 bits per heavy atom. The summed E-state index contributed by atoms with van der Waals surface area (Å²) in [5.74, 6) is -3.65. The predicted octanol–water partition coefficient (Wildman–Crippen LogP) is -0.570. The first kappa shape index (κ1) is 17.1. The molecule has 0 amide bonds. The molecule has 0 bridgehead atoms. The van der Waals surface area contributed by atoms with E-state index in [1.807, 2.05) is 0 Å². The topological polar surface area (TPSA) is 117 Å². The molecule has 0 aromatic heterocycles. The van der Waals surface area contributed by atoms with Gasteiger partial charge in [-0.15, -0.1) is 0 Å². The number of nitrogens with one attached hydrogen (secondary N) is 2. The van der Waals surface area contributed by atoms with E-state index in [4.69, 9.17) is 29.3 Å². The quantitative estimate of drug-likeness (QED) is 0.439. The maximum atomic E-state index is 9.10. The van der Waals surface area contributed by atoms with Crippen LogP contribution in [0.4, 0.5) is 0 Å². The van der Waals surface area contributed by atoms with E-state index >= 15 is 0 Å². The normalized spacial score (nSPS) is 34.7. The molecule has 0 unspecified atom stereocenters. The molecule has 4 saturated heterocycles. The van der Waals surface area contributed by atoms with Crippen LogP contribution in [-0.2, 0) is 19.1 Å². The molecule has 4 aliphatic rings. The third kappa shape index (κ3) is 4.91. The van der Waals surface area contributed by atoms with Crippen LogP contribution in [0.3, 0.4) is 0 Å². The number of rotatable bonds is 0. The number of hydrogen-bond donors (Lipinski definition) is 4. The largest absolute Gasteiger partial charge is 0.473 e. The molecule has 0 saturated carbocycles. The third-order valence-corrected chi connectivity index (χ3v) is 4.27. The van der Waals surface area contributed by atoms with E-state index in [1.165, 1.54) is 25.7 Å². The van der Waals surface area contributed by atoms with E-state index < -0.39 is 11.9 Å². The highest BCUT2D eigenvalue weighted by molar-refractivity contribution is 6.27. The average molecular weight is 316 g/mol. The fourth-order valence-electron chi connectivity index (χ4n) is 3.15. The van der Waals surface area contributed by atoms with Gasteiger partial charge in [-0.3, -0.25) is 0 Å². The van der Waals surface area contributed by atoms with Gasteiger partial charge in [0, 0.05) is 25.3 Å². The smallest absolute Gasteiger partial charge is 0.414 e. The van der Waals surface area contributed by atoms with Crippen LogP contribution in [0, 0.1) is 0 Å². The Balaban J connectivity index is 0.000000123. The number of ether oxygens (including phenoxy) is 2. The van der Waals surface area contributed by atoms with Crippen LogP contribution in [-0.4, -0.2) is 72.7 Å². The second kappa shape index (κ2) is 8.42. The number of aliphatic carboxylic acids is 2. The van der Waals surface area contributed by atoms with Crippen molar-refractivity contribution >= 4 is 11.9 Å². The van der Waals surface area contributed by atoms with Crippen molar-refractivity contribution in [2.75, 3.05) is 26.3 Å². The van der Waals surface area contributed by atoms with Gasteiger partial charge in [0.1, 0.15) is 0 Å². The third-order valence-electron chi connectivity index (χ3n) is 4.27. The lowest BCUT2D eigenvalue weighted by atomic mass is 10.2.